The lowest BCUT2D eigenvalue weighted by Crippen LogP contribution is -1.87. The van der Waals surface area contributed by atoms with E-state index in [1.165, 1.54) is 20.0 Å². The third-order valence-electron chi connectivity index (χ3n) is 1.52. The molecule has 3 heteroatoms. The van der Waals surface area contributed by atoms with Crippen LogP contribution in [0, 0.1) is 3.57 Å². The Labute approximate surface area is 104 Å². The van der Waals surface area contributed by atoms with E-state index >= 15 is 0 Å². The van der Waals surface area contributed by atoms with Crippen LogP contribution in [-0.2, 0) is 6.42 Å². The maximum absolute atomic E-state index is 3.49. The number of aryl methyl sites for hydroxylation is 1. The number of benzene rings is 1. The van der Waals surface area contributed by atoms with Crippen molar-refractivity contribution < 1.29 is 0 Å². The Morgan fingerprint density at radius 1 is 1.25 bits per heavy atom. The molecular formula is C9H9Br2I. The van der Waals surface area contributed by atoms with Crippen LogP contribution < -0.4 is 0 Å². The van der Waals surface area contributed by atoms with E-state index in [1.807, 2.05) is 0 Å². The molecule has 0 nitrogen and oxygen atoms in total. The van der Waals surface area contributed by atoms with E-state index < -0.39 is 0 Å². The third-order valence-corrected chi connectivity index (χ3v) is 3.16. The van der Waals surface area contributed by atoms with Gasteiger partial charge in [0.25, 0.3) is 0 Å². The minimum absolute atomic E-state index is 1.08. The third kappa shape index (κ3) is 3.75. The SMILES string of the molecule is BrCCCc1cc(Br)cc(I)c1. The van der Waals surface area contributed by atoms with Crippen LogP contribution in [0.25, 0.3) is 0 Å². The molecule has 0 fully saturated rings. The predicted octanol–water partition coefficient (Wildman–Crippen LogP) is 4.38. The molecule has 0 saturated heterocycles. The smallest absolute Gasteiger partial charge is 0.0188 e. The van der Waals surface area contributed by atoms with Crippen LogP contribution in [0.15, 0.2) is 22.7 Å². The monoisotopic (exact) mass is 402 g/mol. The van der Waals surface area contributed by atoms with Gasteiger partial charge in [-0.15, -0.1) is 0 Å². The second-order valence-corrected chi connectivity index (χ2v) is 5.52. The van der Waals surface area contributed by atoms with E-state index in [1.54, 1.807) is 0 Å². The summed E-state index contributed by atoms with van der Waals surface area (Å²) < 4.78 is 2.48. The van der Waals surface area contributed by atoms with Gasteiger partial charge in [-0.2, -0.15) is 0 Å². The van der Waals surface area contributed by atoms with Crippen molar-refractivity contribution in [3.8, 4) is 0 Å². The molecule has 0 atom stereocenters. The van der Waals surface area contributed by atoms with Crippen LogP contribution >= 0.6 is 54.5 Å². The van der Waals surface area contributed by atoms with Crippen LogP contribution in [0.2, 0.25) is 0 Å². The van der Waals surface area contributed by atoms with E-state index in [2.05, 4.69) is 72.6 Å². The van der Waals surface area contributed by atoms with Crippen LogP contribution in [0.4, 0.5) is 0 Å². The molecule has 0 radical (unpaired) electrons. The molecule has 0 N–H and O–H groups in total. The number of alkyl halides is 1. The first kappa shape index (κ1) is 11.0. The number of rotatable bonds is 3. The second-order valence-electron chi connectivity index (χ2n) is 2.57. The van der Waals surface area contributed by atoms with Crippen molar-refractivity contribution in [2.24, 2.45) is 0 Å². The van der Waals surface area contributed by atoms with Gasteiger partial charge >= 0.3 is 0 Å². The summed E-state index contributed by atoms with van der Waals surface area (Å²) in [5, 5.41) is 1.08. The van der Waals surface area contributed by atoms with Gasteiger partial charge in [0.05, 0.1) is 0 Å². The largest absolute Gasteiger partial charge is 0.0928 e. The highest BCUT2D eigenvalue weighted by molar-refractivity contribution is 14.1. The zero-order valence-electron chi connectivity index (χ0n) is 6.49. The van der Waals surface area contributed by atoms with Crippen molar-refractivity contribution in [1.29, 1.82) is 0 Å². The van der Waals surface area contributed by atoms with E-state index in [-0.39, 0.29) is 0 Å². The Balaban J connectivity index is 2.72. The maximum Gasteiger partial charge on any atom is 0.0188 e. The fourth-order valence-corrected chi connectivity index (χ4v) is 3.01. The van der Waals surface area contributed by atoms with E-state index in [0.717, 1.165) is 11.8 Å². The minimum atomic E-state index is 1.08. The standard InChI is InChI=1S/C9H9Br2I/c10-3-1-2-7-4-8(11)6-9(12)5-7/h4-6H,1-3H2. The topological polar surface area (TPSA) is 0 Å². The van der Waals surface area contributed by atoms with Gasteiger partial charge in [0.1, 0.15) is 0 Å². The highest BCUT2D eigenvalue weighted by Gasteiger charge is 1.96. The molecule has 0 amide bonds. The molecule has 0 spiro atoms. The zero-order chi connectivity index (χ0) is 8.97. The van der Waals surface area contributed by atoms with Gasteiger partial charge in [0.2, 0.25) is 0 Å². The van der Waals surface area contributed by atoms with Gasteiger partial charge in [-0.1, -0.05) is 31.9 Å². The first-order valence-electron chi connectivity index (χ1n) is 3.73. The van der Waals surface area contributed by atoms with E-state index in [4.69, 9.17) is 0 Å². The van der Waals surface area contributed by atoms with Crippen LogP contribution in [0.5, 0.6) is 0 Å². The van der Waals surface area contributed by atoms with Crippen LogP contribution in [0.3, 0.4) is 0 Å². The number of hydrogen-bond donors (Lipinski definition) is 0. The zero-order valence-corrected chi connectivity index (χ0v) is 11.8. The lowest BCUT2D eigenvalue weighted by atomic mass is 10.1. The van der Waals surface area contributed by atoms with Crippen molar-refractivity contribution in [1.82, 2.24) is 0 Å². The van der Waals surface area contributed by atoms with Gasteiger partial charge in [-0.3, -0.25) is 0 Å². The lowest BCUT2D eigenvalue weighted by molar-refractivity contribution is 0.937. The molecule has 0 aromatic heterocycles. The van der Waals surface area contributed by atoms with Crippen molar-refractivity contribution in [3.63, 3.8) is 0 Å². The molecule has 0 unspecified atom stereocenters. The summed E-state index contributed by atoms with van der Waals surface area (Å²) >= 11 is 9.26. The summed E-state index contributed by atoms with van der Waals surface area (Å²) in [6.45, 7) is 0. The van der Waals surface area contributed by atoms with Crippen molar-refractivity contribution in [2.75, 3.05) is 5.33 Å². The lowest BCUT2D eigenvalue weighted by Gasteiger charge is -2.01. The molecule has 0 heterocycles. The molecule has 1 aromatic rings. The average molecular weight is 404 g/mol. The molecule has 0 bridgehead atoms. The quantitative estimate of drug-likeness (QED) is 0.519. The van der Waals surface area contributed by atoms with Crippen molar-refractivity contribution in [2.45, 2.75) is 12.8 Å². The summed E-state index contributed by atoms with van der Waals surface area (Å²) in [6, 6.07) is 6.54. The Morgan fingerprint density at radius 2 is 2.00 bits per heavy atom. The number of hydrogen-bond acceptors (Lipinski definition) is 0. The Morgan fingerprint density at radius 3 is 2.58 bits per heavy atom. The Hall–Kier alpha value is 0.910. The molecule has 0 aliphatic rings. The summed E-state index contributed by atoms with van der Waals surface area (Å²) in [4.78, 5) is 0. The van der Waals surface area contributed by atoms with Crippen molar-refractivity contribution >= 4 is 54.5 Å². The van der Waals surface area contributed by atoms with Crippen molar-refractivity contribution in [3.05, 3.63) is 31.8 Å². The van der Waals surface area contributed by atoms with Crippen LogP contribution in [0.1, 0.15) is 12.0 Å². The molecular weight excluding hydrogens is 395 g/mol. The maximum atomic E-state index is 3.49. The molecule has 0 aliphatic carbocycles. The average Bonchev–Trinajstić information content (AvgIpc) is 1.99. The molecule has 1 aromatic carbocycles. The molecule has 66 valence electrons. The first-order valence-corrected chi connectivity index (χ1v) is 6.72. The van der Waals surface area contributed by atoms with Gasteiger partial charge in [0, 0.05) is 13.4 Å². The summed E-state index contributed by atoms with van der Waals surface area (Å²) in [7, 11) is 0. The van der Waals surface area contributed by atoms with Gasteiger partial charge in [-0.25, -0.2) is 0 Å². The van der Waals surface area contributed by atoms with E-state index in [9.17, 15) is 0 Å². The summed E-state index contributed by atoms with van der Waals surface area (Å²) in [6.07, 6.45) is 2.35. The molecule has 1 rings (SSSR count). The highest BCUT2D eigenvalue weighted by atomic mass is 127. The second kappa shape index (κ2) is 5.60. The summed E-state index contributed by atoms with van der Waals surface area (Å²) in [5.74, 6) is 0. The molecule has 0 aliphatic heterocycles. The molecule has 12 heavy (non-hydrogen) atoms. The fourth-order valence-electron chi connectivity index (χ4n) is 1.03. The minimum Gasteiger partial charge on any atom is -0.0928 e. The van der Waals surface area contributed by atoms with Gasteiger partial charge in [0.15, 0.2) is 0 Å². The first-order chi connectivity index (χ1) is 5.72. The Kier molecular flexibility index (Phi) is 5.13. The normalized spacial score (nSPS) is 10.2. The highest BCUT2D eigenvalue weighted by Crippen LogP contribution is 2.18. The molecule has 0 saturated carbocycles. The van der Waals surface area contributed by atoms with Gasteiger partial charge < -0.3 is 0 Å². The fraction of sp³-hybridized carbons (Fsp3) is 0.333. The summed E-state index contributed by atoms with van der Waals surface area (Å²) in [5.41, 5.74) is 1.41. The van der Waals surface area contributed by atoms with Gasteiger partial charge in [-0.05, 0) is 59.2 Å². The van der Waals surface area contributed by atoms with Crippen LogP contribution in [-0.4, -0.2) is 5.33 Å². The predicted molar refractivity (Wildman–Crippen MR) is 69.0 cm³/mol. The van der Waals surface area contributed by atoms with E-state index in [0.29, 0.717) is 0 Å². The Bertz CT molecular complexity index is 240. The number of halogens is 3.